The van der Waals surface area contributed by atoms with Crippen molar-refractivity contribution in [2.75, 3.05) is 42.3 Å². The molecule has 0 amide bonds. The van der Waals surface area contributed by atoms with Crippen LogP contribution in [-0.2, 0) is 0 Å². The Balaban J connectivity index is 2.90. The third-order valence-corrected chi connectivity index (χ3v) is 6.26. The van der Waals surface area contributed by atoms with Crippen molar-refractivity contribution in [3.05, 3.63) is 30.3 Å². The van der Waals surface area contributed by atoms with Crippen LogP contribution in [0.4, 0.5) is 0 Å². The summed E-state index contributed by atoms with van der Waals surface area (Å²) in [5.41, 5.74) is 2.74. The molecule has 0 aliphatic rings. The molecule has 1 rings (SSSR count). The molecule has 0 saturated carbocycles. The van der Waals surface area contributed by atoms with Crippen molar-refractivity contribution in [1.29, 1.82) is 0 Å². The Bertz CT molecular complexity index is 404. The van der Waals surface area contributed by atoms with Gasteiger partial charge in [-0.25, -0.2) is 0 Å². The molecule has 19 heavy (non-hydrogen) atoms. The zero-order chi connectivity index (χ0) is 14.5. The molecule has 0 spiro atoms. The first-order chi connectivity index (χ1) is 8.91. The van der Waals surface area contributed by atoms with Crippen molar-refractivity contribution in [2.45, 2.75) is 0 Å². The van der Waals surface area contributed by atoms with Gasteiger partial charge in [0.2, 0.25) is 0 Å². The number of nitrogens with one attached hydrogen (secondary N) is 1. The van der Waals surface area contributed by atoms with Crippen LogP contribution in [-0.4, -0.2) is 56.3 Å². The van der Waals surface area contributed by atoms with E-state index in [9.17, 15) is 0 Å². The molecule has 0 heterocycles. The topological polar surface area (TPSA) is 43.3 Å². The Morgan fingerprint density at radius 3 is 1.79 bits per heavy atom. The first-order valence-corrected chi connectivity index (χ1v) is 7.63. The van der Waals surface area contributed by atoms with Gasteiger partial charge in [-0.05, 0) is 60.0 Å². The van der Waals surface area contributed by atoms with Gasteiger partial charge in [-0.15, -0.1) is 4.85 Å². The zero-order valence-electron chi connectivity index (χ0n) is 12.5. The lowest BCUT2D eigenvalue weighted by molar-refractivity contribution is 0.199. The van der Waals surface area contributed by atoms with Crippen molar-refractivity contribution in [2.24, 2.45) is 4.85 Å². The Hall–Kier alpha value is -0.910. The minimum Gasteiger partial charge on any atom is -0.387 e. The molecule has 7 heteroatoms. The average Bonchev–Trinajstić information content (AvgIpc) is 2.34. The lowest BCUT2D eigenvalue weighted by atomic mass is 10.3. The van der Waals surface area contributed by atoms with Crippen LogP contribution in [0.5, 0.6) is 5.75 Å². The molecule has 0 atom stereocenters. The summed E-state index contributed by atoms with van der Waals surface area (Å²) in [6.45, 7) is 0. The molecule has 6 nitrogen and oxygen atoms in total. The maximum atomic E-state index is 5.44. The highest BCUT2D eigenvalue weighted by Crippen LogP contribution is 2.54. The number of hydrogen-bond donors (Lipinski definition) is 1. The van der Waals surface area contributed by atoms with E-state index in [-0.39, 0.29) is 0 Å². The summed E-state index contributed by atoms with van der Waals surface area (Å²) in [4.78, 5) is 10.0. The largest absolute Gasteiger partial charge is 0.387 e. The first kappa shape index (κ1) is 16.1. The Kier molecular flexibility index (Phi) is 5.97. The van der Waals surface area contributed by atoms with Crippen LogP contribution in [0, 0.1) is 0 Å². The number of benzene rings is 1. The number of hydrogen-bond acceptors (Lipinski definition) is 2. The molecule has 1 aromatic carbocycles. The molecule has 0 fully saturated rings. The molecule has 0 saturated heterocycles. The van der Waals surface area contributed by atoms with Crippen LogP contribution in [0.25, 0.3) is 0 Å². The Labute approximate surface area is 116 Å². The minimum atomic E-state index is -1.96. The zero-order valence-corrected chi connectivity index (χ0v) is 13.4. The average molecular weight is 285 g/mol. The van der Waals surface area contributed by atoms with Gasteiger partial charge >= 0.3 is 0 Å². The van der Waals surface area contributed by atoms with Gasteiger partial charge in [-0.3, -0.25) is 14.0 Å². The Morgan fingerprint density at radius 1 is 0.895 bits per heavy atom. The van der Waals surface area contributed by atoms with Gasteiger partial charge in [0.1, 0.15) is 5.75 Å². The van der Waals surface area contributed by atoms with Gasteiger partial charge in [-0.2, -0.15) is 0 Å². The highest BCUT2D eigenvalue weighted by Gasteiger charge is 2.28. The summed E-state index contributed by atoms with van der Waals surface area (Å²) in [7, 11) is 10.1. The maximum absolute atomic E-state index is 5.44. The van der Waals surface area contributed by atoms with Crippen LogP contribution in [0.3, 0.4) is 0 Å². The molecule has 108 valence electrons. The van der Waals surface area contributed by atoms with Gasteiger partial charge in [0.05, 0.1) is 0 Å². The number of rotatable bonds is 6. The van der Waals surface area contributed by atoms with E-state index in [4.69, 9.17) is 4.84 Å². The third-order valence-electron chi connectivity index (χ3n) is 2.69. The van der Waals surface area contributed by atoms with Crippen LogP contribution >= 0.6 is 7.51 Å². The quantitative estimate of drug-likeness (QED) is 0.640. The third kappa shape index (κ3) is 3.78. The molecule has 1 aromatic rings. The molecule has 0 unspecified atom stereocenters. The van der Waals surface area contributed by atoms with Crippen LogP contribution in [0.1, 0.15) is 0 Å². The van der Waals surface area contributed by atoms with Crippen molar-refractivity contribution in [1.82, 2.24) is 19.6 Å². The Morgan fingerprint density at radius 2 is 1.37 bits per heavy atom. The summed E-state index contributed by atoms with van der Waals surface area (Å²) < 4.78 is 6.32. The smallest absolute Gasteiger partial charge is 0.187 e. The number of para-hydroxylation sites is 1. The van der Waals surface area contributed by atoms with Gasteiger partial charge in [0.15, 0.2) is 7.51 Å². The summed E-state index contributed by atoms with van der Waals surface area (Å²) in [5.74, 6) is 0.737. The van der Waals surface area contributed by atoms with Crippen molar-refractivity contribution >= 4 is 7.51 Å². The van der Waals surface area contributed by atoms with E-state index < -0.39 is 7.51 Å². The fourth-order valence-corrected chi connectivity index (χ4v) is 4.79. The highest BCUT2D eigenvalue weighted by atomic mass is 31.2. The second-order valence-electron chi connectivity index (χ2n) is 4.68. The summed E-state index contributed by atoms with van der Waals surface area (Å²) >= 11 is 0. The predicted octanol–water partition coefficient (Wildman–Crippen LogP) is 2.12. The van der Waals surface area contributed by atoms with Crippen LogP contribution in [0.15, 0.2) is 35.2 Å². The highest BCUT2D eigenvalue weighted by molar-refractivity contribution is 7.58. The van der Waals surface area contributed by atoms with E-state index in [1.807, 2.05) is 72.6 Å². The molecule has 0 aliphatic heterocycles. The molecular weight excluding hydrogens is 261 g/mol. The van der Waals surface area contributed by atoms with Gasteiger partial charge < -0.3 is 4.84 Å². The molecule has 1 N–H and O–H groups in total. The molecule has 0 bridgehead atoms. The summed E-state index contributed by atoms with van der Waals surface area (Å²) in [6, 6.07) is 9.54. The normalized spacial score (nSPS) is 12.3. The van der Waals surface area contributed by atoms with E-state index >= 15 is 0 Å². The first-order valence-electron chi connectivity index (χ1n) is 6.03. The number of nitrogens with zero attached hydrogens (tertiary/aromatic N) is 4. The lowest BCUT2D eigenvalue weighted by Crippen LogP contribution is -2.32. The fraction of sp³-hybridized carbons (Fsp3) is 0.500. The van der Waals surface area contributed by atoms with E-state index in [2.05, 4.69) is 24.5 Å². The second-order valence-corrected chi connectivity index (χ2v) is 8.36. The molecule has 0 radical (unpaired) electrons. The van der Waals surface area contributed by atoms with E-state index in [0.717, 1.165) is 5.75 Å². The fourth-order valence-electron chi connectivity index (χ4n) is 1.96. The molecule has 0 aliphatic carbocycles. The summed E-state index contributed by atoms with van der Waals surface area (Å²) in [6.07, 6.45) is 0. The lowest BCUT2D eigenvalue weighted by Gasteiger charge is -2.40. The van der Waals surface area contributed by atoms with Crippen molar-refractivity contribution in [3.8, 4) is 5.75 Å². The van der Waals surface area contributed by atoms with E-state index in [0.29, 0.717) is 0 Å². The van der Waals surface area contributed by atoms with Gasteiger partial charge in [0.25, 0.3) is 0 Å². The summed E-state index contributed by atoms with van der Waals surface area (Å²) in [5, 5.41) is 0. The van der Waals surface area contributed by atoms with Crippen molar-refractivity contribution in [3.63, 3.8) is 0 Å². The van der Waals surface area contributed by atoms with E-state index in [1.54, 1.807) is 0 Å². The van der Waals surface area contributed by atoms with E-state index in [1.165, 1.54) is 0 Å². The standard InChI is InChI=1S/C12H24N5OP/c1-15(2)19(16(3)4,17(5)6)14-13-18-12-10-8-7-9-11-12/h7-11,13H,1-6H3. The predicted molar refractivity (Wildman–Crippen MR) is 80.6 cm³/mol. The van der Waals surface area contributed by atoms with Crippen molar-refractivity contribution < 1.29 is 4.84 Å². The SMILES string of the molecule is CN(C)P(=NNOc1ccccc1)(N(C)C)N(C)C. The van der Waals surface area contributed by atoms with Crippen LogP contribution < -0.4 is 10.4 Å². The van der Waals surface area contributed by atoms with Crippen LogP contribution in [0.2, 0.25) is 0 Å². The monoisotopic (exact) mass is 285 g/mol. The molecular formula is C12H24N5OP. The maximum Gasteiger partial charge on any atom is 0.187 e. The van der Waals surface area contributed by atoms with Gasteiger partial charge in [-0.1, -0.05) is 18.2 Å². The second kappa shape index (κ2) is 7.03. The molecule has 0 aromatic heterocycles. The van der Waals surface area contributed by atoms with Gasteiger partial charge in [0, 0.05) is 0 Å². The minimum absolute atomic E-state index is 0.737.